The number of nitrogens with one attached hydrogen (secondary N) is 1. The van der Waals surface area contributed by atoms with Crippen molar-refractivity contribution in [2.75, 3.05) is 6.61 Å². The van der Waals surface area contributed by atoms with Crippen LogP contribution < -0.4 is 11.3 Å². The molecule has 0 spiro atoms. The summed E-state index contributed by atoms with van der Waals surface area (Å²) >= 11 is 0. The van der Waals surface area contributed by atoms with Gasteiger partial charge in [0, 0.05) is 6.42 Å². The summed E-state index contributed by atoms with van der Waals surface area (Å²) in [6, 6.07) is 9.48. The van der Waals surface area contributed by atoms with Crippen molar-refractivity contribution < 1.29 is 4.74 Å². The molecule has 1 atom stereocenters. The number of nitrogens with two attached hydrogens (primary N) is 1. The minimum atomic E-state index is -0.250. The van der Waals surface area contributed by atoms with E-state index in [1.165, 1.54) is 0 Å². The van der Waals surface area contributed by atoms with Gasteiger partial charge < -0.3 is 4.74 Å². The number of nitrogens with zero attached hydrogens (tertiary/aromatic N) is 3. The topological polar surface area (TPSA) is 78.0 Å². The molecular formula is C13H15N5O. The van der Waals surface area contributed by atoms with Gasteiger partial charge in [0.2, 0.25) is 0 Å². The van der Waals surface area contributed by atoms with Gasteiger partial charge in [-0.2, -0.15) is 15.0 Å². The lowest BCUT2D eigenvalue weighted by Gasteiger charge is -2.14. The van der Waals surface area contributed by atoms with Gasteiger partial charge in [-0.15, -0.1) is 0 Å². The first-order chi connectivity index (χ1) is 9.38. The largest absolute Gasteiger partial charge is 0.496 e. The van der Waals surface area contributed by atoms with Gasteiger partial charge in [-0.25, -0.2) is 5.43 Å². The summed E-state index contributed by atoms with van der Waals surface area (Å²) < 4.78 is 5.52. The van der Waals surface area contributed by atoms with Gasteiger partial charge in [-0.1, -0.05) is 18.2 Å². The average molecular weight is 257 g/mol. The zero-order valence-electron chi connectivity index (χ0n) is 10.4. The maximum Gasteiger partial charge on any atom is 0.124 e. The van der Waals surface area contributed by atoms with Crippen molar-refractivity contribution in [3.8, 4) is 5.69 Å². The molecule has 0 saturated heterocycles. The number of hydrogen-bond donors (Lipinski definition) is 2. The monoisotopic (exact) mass is 257 g/mol. The summed E-state index contributed by atoms with van der Waals surface area (Å²) in [5, 5.41) is 8.69. The highest BCUT2D eigenvalue weighted by Gasteiger charge is 2.22. The second-order valence-electron chi connectivity index (χ2n) is 4.24. The van der Waals surface area contributed by atoms with Crippen LogP contribution in [0.4, 0.5) is 0 Å². The van der Waals surface area contributed by atoms with Crippen LogP contribution in [0.1, 0.15) is 18.2 Å². The van der Waals surface area contributed by atoms with Gasteiger partial charge >= 0.3 is 0 Å². The first-order valence-electron chi connectivity index (χ1n) is 6.15. The van der Waals surface area contributed by atoms with Crippen molar-refractivity contribution in [3.63, 3.8) is 0 Å². The Hall–Kier alpha value is -2.18. The van der Waals surface area contributed by atoms with Crippen LogP contribution in [0.2, 0.25) is 0 Å². The molecule has 0 fully saturated rings. The lowest BCUT2D eigenvalue weighted by atomic mass is 10.2. The number of rotatable bonds is 4. The number of aromatic nitrogens is 3. The third-order valence-electron chi connectivity index (χ3n) is 2.98. The lowest BCUT2D eigenvalue weighted by Crippen LogP contribution is -2.30. The molecule has 3 rings (SSSR count). The molecule has 1 aromatic heterocycles. The van der Waals surface area contributed by atoms with Gasteiger partial charge in [-0.05, 0) is 18.2 Å². The molecular weight excluding hydrogens is 242 g/mol. The van der Waals surface area contributed by atoms with Gasteiger partial charge in [0.15, 0.2) is 0 Å². The number of ether oxygens (including phenoxy) is 1. The molecule has 3 N–H and O–H groups in total. The van der Waals surface area contributed by atoms with E-state index in [0.29, 0.717) is 6.61 Å². The summed E-state index contributed by atoms with van der Waals surface area (Å²) in [4.78, 5) is 1.58. The first kappa shape index (κ1) is 11.9. The molecule has 1 aliphatic rings. The van der Waals surface area contributed by atoms with Crippen molar-refractivity contribution >= 4 is 0 Å². The normalized spacial score (nSPS) is 15.9. The maximum absolute atomic E-state index is 5.58. The van der Waals surface area contributed by atoms with Crippen LogP contribution >= 0.6 is 0 Å². The van der Waals surface area contributed by atoms with Crippen LogP contribution in [0.3, 0.4) is 0 Å². The number of hydrogen-bond acceptors (Lipinski definition) is 5. The average Bonchev–Trinajstić information content (AvgIpc) is 3.12. The van der Waals surface area contributed by atoms with E-state index in [4.69, 9.17) is 10.6 Å². The number of para-hydroxylation sites is 1. The minimum absolute atomic E-state index is 0.250. The second-order valence-corrected chi connectivity index (χ2v) is 4.24. The van der Waals surface area contributed by atoms with Crippen LogP contribution in [0.15, 0.2) is 48.4 Å². The highest BCUT2D eigenvalue weighted by atomic mass is 16.5. The molecule has 98 valence electrons. The third kappa shape index (κ3) is 2.35. The van der Waals surface area contributed by atoms with E-state index in [0.717, 1.165) is 23.6 Å². The molecule has 0 saturated carbocycles. The molecule has 6 heteroatoms. The SMILES string of the molecule is NNC(C1=CCCO1)c1cnn(-c2ccccc2)n1. The zero-order valence-corrected chi connectivity index (χ0v) is 10.4. The Balaban J connectivity index is 1.88. The van der Waals surface area contributed by atoms with E-state index >= 15 is 0 Å². The van der Waals surface area contributed by atoms with Crippen molar-refractivity contribution in [1.29, 1.82) is 0 Å². The van der Waals surface area contributed by atoms with E-state index in [-0.39, 0.29) is 6.04 Å². The Bertz CT molecular complexity index is 578. The summed E-state index contributed by atoms with van der Waals surface area (Å²) in [7, 11) is 0. The van der Waals surface area contributed by atoms with E-state index in [2.05, 4.69) is 15.6 Å². The van der Waals surface area contributed by atoms with E-state index < -0.39 is 0 Å². The molecule has 2 heterocycles. The molecule has 0 radical (unpaired) electrons. The summed E-state index contributed by atoms with van der Waals surface area (Å²) in [6.07, 6.45) is 4.62. The van der Waals surface area contributed by atoms with Gasteiger partial charge in [-0.3, -0.25) is 5.84 Å². The lowest BCUT2D eigenvalue weighted by molar-refractivity contribution is 0.214. The van der Waals surface area contributed by atoms with Crippen LogP contribution in [0.25, 0.3) is 5.69 Å². The van der Waals surface area contributed by atoms with E-state index in [9.17, 15) is 0 Å². The van der Waals surface area contributed by atoms with Crippen LogP contribution in [0, 0.1) is 0 Å². The molecule has 2 aromatic rings. The molecule has 1 aliphatic heterocycles. The van der Waals surface area contributed by atoms with E-state index in [1.807, 2.05) is 36.4 Å². The van der Waals surface area contributed by atoms with Gasteiger partial charge in [0.1, 0.15) is 17.5 Å². The van der Waals surface area contributed by atoms with Crippen LogP contribution in [-0.2, 0) is 4.74 Å². The highest BCUT2D eigenvalue weighted by Crippen LogP contribution is 2.24. The molecule has 1 unspecified atom stereocenters. The molecule has 0 amide bonds. The zero-order chi connectivity index (χ0) is 13.1. The Kier molecular flexibility index (Phi) is 3.26. The Morgan fingerprint density at radius 3 is 2.84 bits per heavy atom. The fraction of sp³-hybridized carbons (Fsp3) is 0.231. The van der Waals surface area contributed by atoms with Crippen molar-refractivity contribution in [3.05, 3.63) is 54.1 Å². The van der Waals surface area contributed by atoms with Gasteiger partial charge in [0.25, 0.3) is 0 Å². The van der Waals surface area contributed by atoms with Crippen LogP contribution in [-0.4, -0.2) is 21.6 Å². The highest BCUT2D eigenvalue weighted by molar-refractivity contribution is 5.29. The standard InChI is InChI=1S/C13H15N5O/c14-16-13(12-7-4-8-19-12)11-9-15-18(17-11)10-5-2-1-3-6-10/h1-3,5-7,9,13,16H,4,8,14H2. The molecule has 1 aromatic carbocycles. The molecule has 0 aliphatic carbocycles. The predicted octanol–water partition coefficient (Wildman–Crippen LogP) is 1.08. The smallest absolute Gasteiger partial charge is 0.124 e. The molecule has 6 nitrogen and oxygen atoms in total. The Morgan fingerprint density at radius 2 is 2.16 bits per heavy atom. The summed E-state index contributed by atoms with van der Waals surface area (Å²) in [6.45, 7) is 0.695. The fourth-order valence-corrected chi connectivity index (χ4v) is 2.04. The van der Waals surface area contributed by atoms with Crippen molar-refractivity contribution in [2.24, 2.45) is 5.84 Å². The summed E-state index contributed by atoms with van der Waals surface area (Å²) in [5.41, 5.74) is 4.36. The van der Waals surface area contributed by atoms with Crippen molar-refractivity contribution in [2.45, 2.75) is 12.5 Å². The third-order valence-corrected chi connectivity index (χ3v) is 2.98. The fourth-order valence-electron chi connectivity index (χ4n) is 2.04. The number of benzene rings is 1. The minimum Gasteiger partial charge on any atom is -0.496 e. The maximum atomic E-state index is 5.58. The van der Waals surface area contributed by atoms with Crippen LogP contribution in [0.5, 0.6) is 0 Å². The first-order valence-corrected chi connectivity index (χ1v) is 6.15. The predicted molar refractivity (Wildman–Crippen MR) is 70.1 cm³/mol. The van der Waals surface area contributed by atoms with Crippen molar-refractivity contribution in [1.82, 2.24) is 20.4 Å². The second kappa shape index (κ2) is 5.21. The molecule has 0 bridgehead atoms. The summed E-state index contributed by atoms with van der Waals surface area (Å²) in [5.74, 6) is 6.39. The Labute approximate surface area is 110 Å². The Morgan fingerprint density at radius 1 is 1.32 bits per heavy atom. The van der Waals surface area contributed by atoms with Gasteiger partial charge in [0.05, 0.1) is 18.5 Å². The number of hydrazine groups is 1. The molecule has 19 heavy (non-hydrogen) atoms. The van der Waals surface area contributed by atoms with E-state index in [1.54, 1.807) is 11.0 Å². The quantitative estimate of drug-likeness (QED) is 0.633.